The lowest BCUT2D eigenvalue weighted by Gasteiger charge is -2.08. The van der Waals surface area contributed by atoms with E-state index in [1.54, 1.807) is 6.20 Å². The molecule has 3 aromatic rings. The van der Waals surface area contributed by atoms with Gasteiger partial charge >= 0.3 is 0 Å². The van der Waals surface area contributed by atoms with Gasteiger partial charge in [0, 0.05) is 24.2 Å². The van der Waals surface area contributed by atoms with Crippen LogP contribution in [0.15, 0.2) is 65.2 Å². The van der Waals surface area contributed by atoms with Crippen LogP contribution in [0.4, 0.5) is 0 Å². The molecule has 0 amide bonds. The third kappa shape index (κ3) is 4.00. The predicted molar refractivity (Wildman–Crippen MR) is 100 cm³/mol. The second-order valence-corrected chi connectivity index (χ2v) is 5.71. The lowest BCUT2D eigenvalue weighted by atomic mass is 10.1. The van der Waals surface area contributed by atoms with Crippen LogP contribution in [0.25, 0.3) is 22.8 Å². The molecule has 0 saturated carbocycles. The van der Waals surface area contributed by atoms with E-state index in [9.17, 15) is 0 Å². The summed E-state index contributed by atoms with van der Waals surface area (Å²) in [5, 5.41) is 6.90. The van der Waals surface area contributed by atoms with Crippen molar-refractivity contribution in [1.82, 2.24) is 15.6 Å². The van der Waals surface area contributed by atoms with Gasteiger partial charge in [-0.25, -0.2) is 4.98 Å². The van der Waals surface area contributed by atoms with Gasteiger partial charge in [0.05, 0.1) is 6.20 Å². The van der Waals surface area contributed by atoms with E-state index in [1.807, 2.05) is 61.5 Å². The summed E-state index contributed by atoms with van der Waals surface area (Å²) >= 11 is 5.16. The van der Waals surface area contributed by atoms with Crippen molar-refractivity contribution in [2.45, 2.75) is 13.5 Å². The fourth-order valence-electron chi connectivity index (χ4n) is 2.31. The first-order valence-electron chi connectivity index (χ1n) is 7.88. The van der Waals surface area contributed by atoms with Gasteiger partial charge < -0.3 is 15.1 Å². The van der Waals surface area contributed by atoms with E-state index in [4.69, 9.17) is 16.6 Å². The van der Waals surface area contributed by atoms with Crippen LogP contribution in [0, 0.1) is 0 Å². The molecule has 0 aliphatic heterocycles. The van der Waals surface area contributed by atoms with Crippen LogP contribution in [-0.2, 0) is 6.54 Å². The summed E-state index contributed by atoms with van der Waals surface area (Å²) in [6.07, 6.45) is 1.76. The van der Waals surface area contributed by atoms with Gasteiger partial charge in [0.25, 0.3) is 0 Å². The fraction of sp³-hybridized carbons (Fsp3) is 0.158. The molecule has 5 heteroatoms. The molecule has 1 heterocycles. The largest absolute Gasteiger partial charge is 0.436 e. The Morgan fingerprint density at radius 2 is 1.75 bits per heavy atom. The number of aromatic nitrogens is 1. The summed E-state index contributed by atoms with van der Waals surface area (Å²) in [5.74, 6) is 1.39. The van der Waals surface area contributed by atoms with Gasteiger partial charge in [-0.05, 0) is 36.8 Å². The van der Waals surface area contributed by atoms with Gasteiger partial charge in [-0.1, -0.05) is 42.5 Å². The Kier molecular flexibility index (Phi) is 5.23. The van der Waals surface area contributed by atoms with E-state index < -0.39 is 0 Å². The summed E-state index contributed by atoms with van der Waals surface area (Å²) in [7, 11) is 0. The van der Waals surface area contributed by atoms with Crippen LogP contribution in [0.2, 0.25) is 0 Å². The molecule has 0 bridgehead atoms. The third-order valence-electron chi connectivity index (χ3n) is 3.56. The van der Waals surface area contributed by atoms with E-state index >= 15 is 0 Å². The molecule has 0 aliphatic carbocycles. The van der Waals surface area contributed by atoms with Crippen molar-refractivity contribution in [3.05, 3.63) is 66.4 Å². The monoisotopic (exact) mass is 337 g/mol. The maximum atomic E-state index is 5.87. The first-order valence-corrected chi connectivity index (χ1v) is 8.29. The lowest BCUT2D eigenvalue weighted by Crippen LogP contribution is -2.34. The Labute approximate surface area is 146 Å². The first kappa shape index (κ1) is 16.2. The van der Waals surface area contributed by atoms with Crippen LogP contribution < -0.4 is 10.6 Å². The Morgan fingerprint density at radius 1 is 1.00 bits per heavy atom. The molecule has 0 atom stereocenters. The lowest BCUT2D eigenvalue weighted by molar-refractivity contribution is 0.589. The van der Waals surface area contributed by atoms with Crippen molar-refractivity contribution in [3.8, 4) is 22.8 Å². The Hall–Kier alpha value is -2.66. The zero-order valence-electron chi connectivity index (χ0n) is 13.5. The van der Waals surface area contributed by atoms with E-state index in [0.29, 0.717) is 17.5 Å². The molecule has 0 unspecified atom stereocenters. The van der Waals surface area contributed by atoms with Crippen molar-refractivity contribution in [2.75, 3.05) is 6.54 Å². The zero-order valence-corrected chi connectivity index (χ0v) is 14.3. The second kappa shape index (κ2) is 7.75. The highest BCUT2D eigenvalue weighted by Crippen LogP contribution is 2.25. The Bertz CT molecular complexity index is 797. The van der Waals surface area contributed by atoms with Gasteiger partial charge in [-0.3, -0.25) is 0 Å². The van der Waals surface area contributed by atoms with Gasteiger partial charge in [-0.2, -0.15) is 0 Å². The average molecular weight is 337 g/mol. The highest BCUT2D eigenvalue weighted by atomic mass is 32.1. The summed E-state index contributed by atoms with van der Waals surface area (Å²) in [6, 6.07) is 18.1. The maximum Gasteiger partial charge on any atom is 0.226 e. The molecule has 122 valence electrons. The van der Waals surface area contributed by atoms with Crippen molar-refractivity contribution >= 4 is 17.3 Å². The molecule has 1 aromatic heterocycles. The van der Waals surface area contributed by atoms with Crippen LogP contribution in [0.5, 0.6) is 0 Å². The van der Waals surface area contributed by atoms with Crippen molar-refractivity contribution < 1.29 is 4.42 Å². The van der Waals surface area contributed by atoms with E-state index in [0.717, 1.165) is 29.0 Å². The molecule has 2 N–H and O–H groups in total. The molecular formula is C19H19N3OS. The van der Waals surface area contributed by atoms with Crippen LogP contribution in [0.3, 0.4) is 0 Å². The number of hydrogen-bond donors (Lipinski definition) is 2. The topological polar surface area (TPSA) is 50.1 Å². The summed E-state index contributed by atoms with van der Waals surface area (Å²) in [4.78, 5) is 4.38. The average Bonchev–Trinajstić information content (AvgIpc) is 3.12. The van der Waals surface area contributed by atoms with Gasteiger partial charge in [-0.15, -0.1) is 0 Å². The molecular weight excluding hydrogens is 318 g/mol. The van der Waals surface area contributed by atoms with Crippen molar-refractivity contribution in [1.29, 1.82) is 0 Å². The standard InChI is InChI=1S/C19H19N3OS/c1-2-20-19(24)22-12-14-8-10-16(11-9-14)18-21-13-17(23-18)15-6-4-3-5-7-15/h3-11,13H,2,12H2,1H3,(H2,20,22,24). The molecule has 2 aromatic carbocycles. The van der Waals surface area contributed by atoms with E-state index in [1.165, 1.54) is 0 Å². The number of benzene rings is 2. The molecule has 0 aliphatic rings. The number of nitrogens with zero attached hydrogens (tertiary/aromatic N) is 1. The smallest absolute Gasteiger partial charge is 0.226 e. The molecule has 4 nitrogen and oxygen atoms in total. The SMILES string of the molecule is CCNC(=S)NCc1ccc(-c2ncc(-c3ccccc3)o2)cc1. The Morgan fingerprint density at radius 3 is 2.46 bits per heavy atom. The summed E-state index contributed by atoms with van der Waals surface area (Å²) in [5.41, 5.74) is 3.12. The highest BCUT2D eigenvalue weighted by molar-refractivity contribution is 7.80. The molecule has 0 fully saturated rings. The summed E-state index contributed by atoms with van der Waals surface area (Å²) in [6.45, 7) is 3.52. The Balaban J connectivity index is 1.68. The molecule has 0 radical (unpaired) electrons. The minimum absolute atomic E-state index is 0.622. The number of thiocarbonyl (C=S) groups is 1. The first-order chi connectivity index (χ1) is 11.8. The highest BCUT2D eigenvalue weighted by Gasteiger charge is 2.08. The van der Waals surface area contributed by atoms with Gasteiger partial charge in [0.2, 0.25) is 5.89 Å². The minimum atomic E-state index is 0.622. The third-order valence-corrected chi connectivity index (χ3v) is 3.84. The number of oxazole rings is 1. The van der Waals surface area contributed by atoms with Crippen molar-refractivity contribution in [2.24, 2.45) is 0 Å². The van der Waals surface area contributed by atoms with Crippen LogP contribution >= 0.6 is 12.2 Å². The minimum Gasteiger partial charge on any atom is -0.436 e. The molecule has 3 rings (SSSR count). The van der Waals surface area contributed by atoms with Gasteiger partial charge in [0.15, 0.2) is 10.9 Å². The van der Waals surface area contributed by atoms with Crippen molar-refractivity contribution in [3.63, 3.8) is 0 Å². The molecule has 0 saturated heterocycles. The molecule has 0 spiro atoms. The number of nitrogens with one attached hydrogen (secondary N) is 2. The summed E-state index contributed by atoms with van der Waals surface area (Å²) < 4.78 is 5.87. The van der Waals surface area contributed by atoms with Crippen LogP contribution in [-0.4, -0.2) is 16.6 Å². The number of rotatable bonds is 5. The van der Waals surface area contributed by atoms with Gasteiger partial charge in [0.1, 0.15) is 0 Å². The zero-order chi connectivity index (χ0) is 16.8. The normalized spacial score (nSPS) is 10.4. The van der Waals surface area contributed by atoms with E-state index in [2.05, 4.69) is 15.6 Å². The quantitative estimate of drug-likeness (QED) is 0.689. The van der Waals surface area contributed by atoms with E-state index in [-0.39, 0.29) is 0 Å². The second-order valence-electron chi connectivity index (χ2n) is 5.31. The van der Waals surface area contributed by atoms with Crippen LogP contribution in [0.1, 0.15) is 12.5 Å². The predicted octanol–water partition coefficient (Wildman–Crippen LogP) is 3.99. The fourth-order valence-corrected chi connectivity index (χ4v) is 2.53. The number of hydrogen-bond acceptors (Lipinski definition) is 3. The maximum absolute atomic E-state index is 5.87. The molecule has 24 heavy (non-hydrogen) atoms.